The number of aromatic nitrogens is 1. The van der Waals surface area contributed by atoms with Crippen molar-refractivity contribution in [3.8, 4) is 0 Å². The van der Waals surface area contributed by atoms with Gasteiger partial charge in [0.2, 0.25) is 0 Å². The normalized spacial score (nSPS) is 17.1. The van der Waals surface area contributed by atoms with Crippen LogP contribution in [0, 0.1) is 5.92 Å². The quantitative estimate of drug-likeness (QED) is 0.590. The zero-order valence-electron chi connectivity index (χ0n) is 16.0. The average molecular weight is 370 g/mol. The topological polar surface area (TPSA) is 45.0 Å². The van der Waals surface area contributed by atoms with Crippen molar-refractivity contribution in [3.63, 3.8) is 0 Å². The van der Waals surface area contributed by atoms with E-state index in [0.717, 1.165) is 50.3 Å². The Morgan fingerprint density at radius 2 is 2.16 bits per heavy atom. The van der Waals surface area contributed by atoms with E-state index in [1.807, 2.05) is 26.4 Å². The smallest absolute Gasteiger partial charge is 0.193 e. The van der Waals surface area contributed by atoms with Crippen LogP contribution in [0.1, 0.15) is 18.5 Å². The standard InChI is InChI=1S/C18H32ClN5O/c1-20-18(23(3)14-17-11-16(19)13-22(17)2)21-12-15-5-7-24(8-6-15)9-10-25-4/h11,13,15H,5-10,12,14H2,1-4H3,(H,20,21). The summed E-state index contributed by atoms with van der Waals surface area (Å²) in [7, 11) is 7.68. The molecule has 1 saturated heterocycles. The first kappa shape index (κ1) is 20.1. The van der Waals surface area contributed by atoms with Gasteiger partial charge in [-0.05, 0) is 37.9 Å². The Hall–Kier alpha value is -1.24. The number of likely N-dealkylation sites (tertiary alicyclic amines) is 1. The highest BCUT2D eigenvalue weighted by atomic mass is 35.5. The lowest BCUT2D eigenvalue weighted by Gasteiger charge is -2.32. The van der Waals surface area contributed by atoms with Crippen molar-refractivity contribution in [1.29, 1.82) is 0 Å². The van der Waals surface area contributed by atoms with Gasteiger partial charge in [-0.25, -0.2) is 0 Å². The predicted molar refractivity (Wildman–Crippen MR) is 104 cm³/mol. The molecule has 0 atom stereocenters. The molecule has 1 aliphatic heterocycles. The summed E-state index contributed by atoms with van der Waals surface area (Å²) in [5, 5.41) is 4.31. The van der Waals surface area contributed by atoms with E-state index in [-0.39, 0.29) is 0 Å². The van der Waals surface area contributed by atoms with Crippen molar-refractivity contribution in [2.24, 2.45) is 18.0 Å². The highest BCUT2D eigenvalue weighted by Crippen LogP contribution is 2.17. The largest absolute Gasteiger partial charge is 0.383 e. The van der Waals surface area contributed by atoms with Gasteiger partial charge in [0.15, 0.2) is 5.96 Å². The molecule has 0 radical (unpaired) electrons. The number of hydrogen-bond donors (Lipinski definition) is 1. The monoisotopic (exact) mass is 369 g/mol. The molecule has 2 rings (SSSR count). The van der Waals surface area contributed by atoms with Gasteiger partial charge in [-0.2, -0.15) is 0 Å². The number of methoxy groups -OCH3 is 1. The van der Waals surface area contributed by atoms with Crippen molar-refractivity contribution < 1.29 is 4.74 Å². The van der Waals surface area contributed by atoms with Crippen LogP contribution >= 0.6 is 11.6 Å². The van der Waals surface area contributed by atoms with Gasteiger partial charge in [0.25, 0.3) is 0 Å². The molecule has 0 saturated carbocycles. The Morgan fingerprint density at radius 1 is 1.44 bits per heavy atom. The zero-order chi connectivity index (χ0) is 18.2. The molecule has 0 aliphatic carbocycles. The van der Waals surface area contributed by atoms with Crippen LogP contribution in [0.15, 0.2) is 17.3 Å². The average Bonchev–Trinajstić information content (AvgIpc) is 2.91. The van der Waals surface area contributed by atoms with Gasteiger partial charge in [-0.1, -0.05) is 11.6 Å². The number of ether oxygens (including phenoxy) is 1. The number of nitrogens with one attached hydrogen (secondary N) is 1. The summed E-state index contributed by atoms with van der Waals surface area (Å²) < 4.78 is 7.22. The molecule has 25 heavy (non-hydrogen) atoms. The van der Waals surface area contributed by atoms with Gasteiger partial charge in [0, 0.05) is 53.2 Å². The Morgan fingerprint density at radius 3 is 2.72 bits per heavy atom. The number of rotatable bonds is 7. The molecule has 0 bridgehead atoms. The molecule has 6 nitrogen and oxygen atoms in total. The van der Waals surface area contributed by atoms with E-state index < -0.39 is 0 Å². The number of aryl methyl sites for hydroxylation is 1. The molecular formula is C18H32ClN5O. The summed E-state index contributed by atoms with van der Waals surface area (Å²) in [6, 6.07) is 2.00. The fraction of sp³-hybridized carbons (Fsp3) is 0.722. The molecule has 1 aromatic heterocycles. The number of piperidine rings is 1. The molecule has 1 fully saturated rings. The van der Waals surface area contributed by atoms with Gasteiger partial charge in [0.05, 0.1) is 18.2 Å². The fourth-order valence-electron chi connectivity index (χ4n) is 3.30. The summed E-state index contributed by atoms with van der Waals surface area (Å²) in [6.45, 7) is 5.93. The molecule has 0 aromatic carbocycles. The molecular weight excluding hydrogens is 338 g/mol. The molecule has 0 unspecified atom stereocenters. The second kappa shape index (κ2) is 10.0. The molecule has 0 spiro atoms. The minimum atomic E-state index is 0.702. The van der Waals surface area contributed by atoms with Gasteiger partial charge < -0.3 is 24.4 Å². The maximum Gasteiger partial charge on any atom is 0.193 e. The van der Waals surface area contributed by atoms with Crippen LogP contribution in [0.3, 0.4) is 0 Å². The van der Waals surface area contributed by atoms with E-state index in [9.17, 15) is 0 Å². The molecule has 1 aromatic rings. The van der Waals surface area contributed by atoms with Crippen LogP contribution in [0.2, 0.25) is 5.02 Å². The van der Waals surface area contributed by atoms with E-state index in [2.05, 4.69) is 31.7 Å². The first-order valence-electron chi connectivity index (χ1n) is 8.97. The maximum atomic E-state index is 6.07. The molecule has 1 aliphatic rings. The van der Waals surface area contributed by atoms with Crippen molar-refractivity contribution >= 4 is 17.6 Å². The first-order valence-corrected chi connectivity index (χ1v) is 9.35. The van der Waals surface area contributed by atoms with Crippen LogP contribution in [-0.2, 0) is 18.3 Å². The Bertz CT molecular complexity index is 552. The van der Waals surface area contributed by atoms with Crippen LogP contribution < -0.4 is 5.32 Å². The Labute approximate surface area is 156 Å². The lowest BCUT2D eigenvalue weighted by atomic mass is 9.97. The van der Waals surface area contributed by atoms with Gasteiger partial charge in [-0.15, -0.1) is 0 Å². The third kappa shape index (κ3) is 6.20. The van der Waals surface area contributed by atoms with E-state index in [1.165, 1.54) is 18.5 Å². The predicted octanol–water partition coefficient (Wildman–Crippen LogP) is 2.04. The van der Waals surface area contributed by atoms with Gasteiger partial charge in [0.1, 0.15) is 0 Å². The molecule has 7 heteroatoms. The van der Waals surface area contributed by atoms with Crippen molar-refractivity contribution in [2.45, 2.75) is 19.4 Å². The molecule has 1 N–H and O–H groups in total. The summed E-state index contributed by atoms with van der Waals surface area (Å²) >= 11 is 6.07. The molecule has 0 amide bonds. The van der Waals surface area contributed by atoms with Crippen molar-refractivity contribution in [2.75, 3.05) is 54.0 Å². The van der Waals surface area contributed by atoms with E-state index in [0.29, 0.717) is 5.92 Å². The second-order valence-electron chi connectivity index (χ2n) is 6.82. The lowest BCUT2D eigenvalue weighted by molar-refractivity contribution is 0.120. The minimum Gasteiger partial charge on any atom is -0.383 e. The number of hydrogen-bond acceptors (Lipinski definition) is 3. The van der Waals surface area contributed by atoms with Crippen LogP contribution in [0.5, 0.6) is 0 Å². The van der Waals surface area contributed by atoms with E-state index in [4.69, 9.17) is 16.3 Å². The van der Waals surface area contributed by atoms with Gasteiger partial charge >= 0.3 is 0 Å². The number of nitrogens with zero attached hydrogens (tertiary/aromatic N) is 4. The SMILES string of the molecule is CN=C(NCC1CCN(CCOC)CC1)N(C)Cc1cc(Cl)cn1C. The minimum absolute atomic E-state index is 0.702. The summed E-state index contributed by atoms with van der Waals surface area (Å²) in [4.78, 5) is 9.05. The third-order valence-corrected chi connectivity index (χ3v) is 5.12. The van der Waals surface area contributed by atoms with Crippen molar-refractivity contribution in [3.05, 3.63) is 23.0 Å². The lowest BCUT2D eigenvalue weighted by Crippen LogP contribution is -2.43. The van der Waals surface area contributed by atoms with E-state index >= 15 is 0 Å². The fourth-order valence-corrected chi connectivity index (χ4v) is 3.57. The first-order chi connectivity index (χ1) is 12.0. The maximum absolute atomic E-state index is 6.07. The highest BCUT2D eigenvalue weighted by Gasteiger charge is 2.19. The molecule has 142 valence electrons. The number of guanidine groups is 1. The summed E-state index contributed by atoms with van der Waals surface area (Å²) in [5.74, 6) is 1.63. The van der Waals surface area contributed by atoms with E-state index in [1.54, 1.807) is 7.11 Å². The number of aliphatic imine (C=N–C) groups is 1. The van der Waals surface area contributed by atoms with Crippen molar-refractivity contribution in [1.82, 2.24) is 19.7 Å². The molecule has 2 heterocycles. The van der Waals surface area contributed by atoms with Crippen LogP contribution in [0.4, 0.5) is 0 Å². The Kier molecular flexibility index (Phi) is 8.06. The van der Waals surface area contributed by atoms with Gasteiger partial charge in [-0.3, -0.25) is 4.99 Å². The number of halogens is 1. The summed E-state index contributed by atoms with van der Waals surface area (Å²) in [5.41, 5.74) is 1.17. The highest BCUT2D eigenvalue weighted by molar-refractivity contribution is 6.30. The van der Waals surface area contributed by atoms with Crippen LogP contribution in [-0.4, -0.2) is 74.3 Å². The zero-order valence-corrected chi connectivity index (χ0v) is 16.7. The van der Waals surface area contributed by atoms with Crippen LogP contribution in [0.25, 0.3) is 0 Å². The third-order valence-electron chi connectivity index (χ3n) is 4.91. The summed E-state index contributed by atoms with van der Waals surface area (Å²) in [6.07, 6.45) is 4.38. The Balaban J connectivity index is 1.76. The second-order valence-corrected chi connectivity index (χ2v) is 7.26.